The van der Waals surface area contributed by atoms with E-state index >= 15 is 0 Å². The van der Waals surface area contributed by atoms with E-state index in [1.54, 1.807) is 4.90 Å². The maximum atomic E-state index is 5.85. The molecule has 1 aromatic carbocycles. The molecule has 0 atom stereocenters. The molecule has 0 amide bonds. The summed E-state index contributed by atoms with van der Waals surface area (Å²) >= 11 is 0. The normalized spacial score (nSPS) is 11.1. The second-order valence-corrected chi connectivity index (χ2v) is 5.40. The molecule has 1 rings (SSSR count). The number of quaternary nitrogens is 1. The van der Waals surface area contributed by atoms with Crippen molar-refractivity contribution in [1.29, 1.82) is 0 Å². The molecule has 0 aromatic heterocycles. The van der Waals surface area contributed by atoms with Crippen LogP contribution in [0.5, 0.6) is 5.75 Å². The van der Waals surface area contributed by atoms with Gasteiger partial charge in [-0.25, -0.2) is 0 Å². The fourth-order valence-electron chi connectivity index (χ4n) is 2.52. The Morgan fingerprint density at radius 2 is 1.50 bits per heavy atom. The van der Waals surface area contributed by atoms with Crippen LogP contribution in [0, 0.1) is 20.8 Å². The van der Waals surface area contributed by atoms with Crippen LogP contribution >= 0.6 is 0 Å². The number of nitrogens with one attached hydrogen (secondary N) is 1. The van der Waals surface area contributed by atoms with Gasteiger partial charge in [0.25, 0.3) is 0 Å². The molecule has 0 spiro atoms. The van der Waals surface area contributed by atoms with Gasteiger partial charge in [-0.15, -0.1) is 0 Å². The van der Waals surface area contributed by atoms with Crippen molar-refractivity contribution in [2.75, 3.05) is 39.5 Å². The number of hydrogen-bond acceptors (Lipinski definition) is 2. The fraction of sp³-hybridized carbons (Fsp3) is 0.647. The molecule has 0 heterocycles. The molecule has 0 aliphatic rings. The van der Waals surface area contributed by atoms with E-state index in [9.17, 15) is 0 Å². The third-order valence-electron chi connectivity index (χ3n) is 3.68. The standard InChI is InChI=1S/C17H29NO2/c1-6-18(7-2)8-9-19-10-11-20-17-15(4)12-14(3)13-16(17)5/h12-13H,6-11H2,1-5H3/p+1. The Bertz CT molecular complexity index is 377. The predicted octanol–water partition coefficient (Wildman–Crippen LogP) is 1.93. The van der Waals surface area contributed by atoms with Crippen molar-refractivity contribution < 1.29 is 14.4 Å². The van der Waals surface area contributed by atoms with Gasteiger partial charge >= 0.3 is 0 Å². The number of ether oxygens (including phenoxy) is 2. The third-order valence-corrected chi connectivity index (χ3v) is 3.68. The molecule has 0 unspecified atom stereocenters. The smallest absolute Gasteiger partial charge is 0.125 e. The number of rotatable bonds is 9. The summed E-state index contributed by atoms with van der Waals surface area (Å²) in [6.07, 6.45) is 0. The van der Waals surface area contributed by atoms with E-state index in [4.69, 9.17) is 9.47 Å². The molecule has 0 aliphatic carbocycles. The van der Waals surface area contributed by atoms with Crippen molar-refractivity contribution >= 4 is 0 Å². The van der Waals surface area contributed by atoms with Crippen LogP contribution in [-0.2, 0) is 4.74 Å². The molecule has 0 saturated heterocycles. The van der Waals surface area contributed by atoms with Crippen LogP contribution in [0.1, 0.15) is 30.5 Å². The summed E-state index contributed by atoms with van der Waals surface area (Å²) in [5, 5.41) is 0. The minimum Gasteiger partial charge on any atom is -0.491 e. The molecule has 1 aromatic rings. The first kappa shape index (κ1) is 17.0. The largest absolute Gasteiger partial charge is 0.491 e. The average molecular weight is 280 g/mol. The quantitative estimate of drug-likeness (QED) is 0.699. The lowest BCUT2D eigenvalue weighted by Gasteiger charge is -2.16. The second kappa shape index (κ2) is 8.98. The summed E-state index contributed by atoms with van der Waals surface area (Å²) in [6, 6.07) is 4.32. The first-order chi connectivity index (χ1) is 9.58. The van der Waals surface area contributed by atoms with Crippen LogP contribution in [0.3, 0.4) is 0 Å². The topological polar surface area (TPSA) is 22.9 Å². The van der Waals surface area contributed by atoms with E-state index in [2.05, 4.69) is 46.8 Å². The zero-order valence-electron chi connectivity index (χ0n) is 13.7. The highest BCUT2D eigenvalue weighted by Gasteiger charge is 2.05. The van der Waals surface area contributed by atoms with Gasteiger partial charge in [-0.05, 0) is 45.7 Å². The van der Waals surface area contributed by atoms with Gasteiger partial charge < -0.3 is 14.4 Å². The number of hydrogen-bond donors (Lipinski definition) is 1. The lowest BCUT2D eigenvalue weighted by atomic mass is 10.1. The fourth-order valence-corrected chi connectivity index (χ4v) is 2.52. The van der Waals surface area contributed by atoms with Gasteiger partial charge in [0.15, 0.2) is 0 Å². The van der Waals surface area contributed by atoms with Crippen molar-refractivity contribution in [2.45, 2.75) is 34.6 Å². The van der Waals surface area contributed by atoms with E-state index in [0.29, 0.717) is 13.2 Å². The first-order valence-electron chi connectivity index (χ1n) is 7.70. The molecule has 3 heteroatoms. The van der Waals surface area contributed by atoms with Gasteiger partial charge in [-0.1, -0.05) is 17.7 Å². The zero-order chi connectivity index (χ0) is 15.0. The van der Waals surface area contributed by atoms with Crippen molar-refractivity contribution in [1.82, 2.24) is 0 Å². The van der Waals surface area contributed by atoms with Crippen LogP contribution in [-0.4, -0.2) is 39.5 Å². The van der Waals surface area contributed by atoms with E-state index in [0.717, 1.165) is 32.0 Å². The Morgan fingerprint density at radius 1 is 0.900 bits per heavy atom. The van der Waals surface area contributed by atoms with E-state index in [1.807, 2.05) is 0 Å². The Kier molecular flexibility index (Phi) is 7.63. The highest BCUT2D eigenvalue weighted by molar-refractivity contribution is 5.42. The predicted molar refractivity (Wildman–Crippen MR) is 83.9 cm³/mol. The molecule has 0 bridgehead atoms. The highest BCUT2D eigenvalue weighted by atomic mass is 16.5. The van der Waals surface area contributed by atoms with E-state index < -0.39 is 0 Å². The first-order valence-corrected chi connectivity index (χ1v) is 7.70. The van der Waals surface area contributed by atoms with Gasteiger partial charge in [0.1, 0.15) is 18.9 Å². The molecule has 114 valence electrons. The van der Waals surface area contributed by atoms with Gasteiger partial charge in [-0.3, -0.25) is 0 Å². The molecule has 0 fully saturated rings. The van der Waals surface area contributed by atoms with Gasteiger partial charge in [-0.2, -0.15) is 0 Å². The van der Waals surface area contributed by atoms with Crippen LogP contribution in [0.15, 0.2) is 12.1 Å². The summed E-state index contributed by atoms with van der Waals surface area (Å²) in [4.78, 5) is 1.58. The summed E-state index contributed by atoms with van der Waals surface area (Å²) < 4.78 is 11.5. The molecule has 0 saturated carbocycles. The highest BCUT2D eigenvalue weighted by Crippen LogP contribution is 2.24. The molecule has 0 radical (unpaired) electrons. The molecule has 1 N–H and O–H groups in total. The van der Waals surface area contributed by atoms with E-state index in [-0.39, 0.29) is 0 Å². The Labute approximate surface area is 123 Å². The zero-order valence-corrected chi connectivity index (χ0v) is 13.7. The van der Waals surface area contributed by atoms with Crippen LogP contribution in [0.25, 0.3) is 0 Å². The molecule has 3 nitrogen and oxygen atoms in total. The SMILES string of the molecule is CC[NH+](CC)CCOCCOc1c(C)cc(C)cc1C. The van der Waals surface area contributed by atoms with Gasteiger partial charge in [0.2, 0.25) is 0 Å². The summed E-state index contributed by atoms with van der Waals surface area (Å²) in [7, 11) is 0. The minimum absolute atomic E-state index is 0.623. The van der Waals surface area contributed by atoms with Gasteiger partial charge in [0, 0.05) is 0 Å². The summed E-state index contributed by atoms with van der Waals surface area (Å²) in [5.41, 5.74) is 3.69. The van der Waals surface area contributed by atoms with Crippen LogP contribution < -0.4 is 9.64 Å². The third kappa shape index (κ3) is 5.51. The number of aryl methyl sites for hydroxylation is 3. The van der Waals surface area contributed by atoms with Crippen molar-refractivity contribution in [3.63, 3.8) is 0 Å². The van der Waals surface area contributed by atoms with Crippen molar-refractivity contribution in [3.05, 3.63) is 28.8 Å². The lowest BCUT2D eigenvalue weighted by Crippen LogP contribution is -3.11. The average Bonchev–Trinajstić information content (AvgIpc) is 2.40. The Hall–Kier alpha value is -1.06. The molecular weight excluding hydrogens is 250 g/mol. The van der Waals surface area contributed by atoms with Crippen molar-refractivity contribution in [2.24, 2.45) is 0 Å². The van der Waals surface area contributed by atoms with Crippen LogP contribution in [0.2, 0.25) is 0 Å². The summed E-state index contributed by atoms with van der Waals surface area (Å²) in [6.45, 7) is 16.2. The Balaban J connectivity index is 2.25. The van der Waals surface area contributed by atoms with Crippen LogP contribution in [0.4, 0.5) is 0 Å². The van der Waals surface area contributed by atoms with Crippen molar-refractivity contribution in [3.8, 4) is 5.75 Å². The molecule has 20 heavy (non-hydrogen) atoms. The minimum atomic E-state index is 0.623. The Morgan fingerprint density at radius 3 is 2.05 bits per heavy atom. The molecule has 0 aliphatic heterocycles. The van der Waals surface area contributed by atoms with Gasteiger partial charge in [0.05, 0.1) is 26.3 Å². The summed E-state index contributed by atoms with van der Waals surface area (Å²) in [5.74, 6) is 1.01. The number of likely N-dealkylation sites (N-methyl/N-ethyl adjacent to an activating group) is 1. The number of benzene rings is 1. The monoisotopic (exact) mass is 280 g/mol. The maximum absolute atomic E-state index is 5.85. The molecular formula is C17H30NO2+. The van der Waals surface area contributed by atoms with E-state index in [1.165, 1.54) is 16.7 Å². The second-order valence-electron chi connectivity index (χ2n) is 5.40. The lowest BCUT2D eigenvalue weighted by molar-refractivity contribution is -0.896. The maximum Gasteiger partial charge on any atom is 0.125 e.